The number of aldehydes is 1. The van der Waals surface area contributed by atoms with Crippen molar-refractivity contribution in [1.82, 2.24) is 0 Å². The van der Waals surface area contributed by atoms with Crippen molar-refractivity contribution in [1.29, 1.82) is 0 Å². The molecule has 0 bridgehead atoms. The van der Waals surface area contributed by atoms with Gasteiger partial charge in [-0.25, -0.2) is 0 Å². The molecule has 0 amide bonds. The molecule has 0 atom stereocenters. The fraction of sp³-hybridized carbons (Fsp3) is 0.333. The zero-order valence-electron chi connectivity index (χ0n) is 7.13. The van der Waals surface area contributed by atoms with Crippen LogP contribution in [-0.2, 0) is 24.1 Å². The molecule has 0 aliphatic carbocycles. The Labute approximate surface area is 79.6 Å². The molecule has 0 aliphatic rings. The van der Waals surface area contributed by atoms with Crippen LogP contribution in [0.15, 0.2) is 17.7 Å². The molecule has 0 spiro atoms. The predicted octanol–water partition coefficient (Wildman–Crippen LogP) is 1.87. The van der Waals surface area contributed by atoms with Gasteiger partial charge < -0.3 is 0 Å². The van der Waals surface area contributed by atoms with Gasteiger partial charge in [0.05, 0.1) is 0 Å². The normalized spacial score (nSPS) is 9.18. The van der Waals surface area contributed by atoms with E-state index in [0.717, 1.165) is 15.8 Å². The van der Waals surface area contributed by atoms with Crippen molar-refractivity contribution in [3.8, 4) is 0 Å². The van der Waals surface area contributed by atoms with Gasteiger partial charge in [0.2, 0.25) is 0 Å². The third kappa shape index (κ3) is 9.71. The van der Waals surface area contributed by atoms with Crippen LogP contribution in [0, 0.1) is 6.58 Å². The first-order chi connectivity index (χ1) is 5.20. The third-order valence-electron chi connectivity index (χ3n) is 0.749. The van der Waals surface area contributed by atoms with Crippen molar-refractivity contribution in [3.05, 3.63) is 24.3 Å². The molecule has 0 aliphatic heterocycles. The maximum absolute atomic E-state index is 10.0. The van der Waals surface area contributed by atoms with Gasteiger partial charge in [-0.2, -0.15) is 0 Å². The van der Waals surface area contributed by atoms with E-state index >= 15 is 0 Å². The summed E-state index contributed by atoms with van der Waals surface area (Å²) in [4.78, 5) is 10.0. The summed E-state index contributed by atoms with van der Waals surface area (Å²) in [5, 5.41) is 0. The fourth-order valence-corrected chi connectivity index (χ4v) is 0.974. The number of carbonyl (C=O) groups is 1. The molecular weight excluding hydrogens is 308 g/mol. The van der Waals surface area contributed by atoms with E-state index < -0.39 is 0 Å². The minimum atomic E-state index is 0.772. The first-order valence-electron chi connectivity index (χ1n) is 3.43. The van der Waals surface area contributed by atoms with Crippen LogP contribution < -0.4 is 0 Å². The fourth-order valence-electron chi connectivity index (χ4n) is 0.307. The van der Waals surface area contributed by atoms with Crippen molar-refractivity contribution in [2.45, 2.75) is 20.8 Å². The molecule has 0 aromatic heterocycles. The first-order valence-corrected chi connectivity index (χ1v) is 4.89. The zero-order valence-corrected chi connectivity index (χ0v) is 10.1. The van der Waals surface area contributed by atoms with Crippen LogP contribution in [0.5, 0.6) is 0 Å². The molecule has 11 heavy (non-hydrogen) atoms. The summed E-state index contributed by atoms with van der Waals surface area (Å²) in [6.45, 7) is 11.0. The second kappa shape index (κ2) is 9.71. The first kappa shape index (κ1) is 13.3. The zero-order chi connectivity index (χ0) is 9.28. The van der Waals surface area contributed by atoms with E-state index in [1.165, 1.54) is 25.4 Å². The Morgan fingerprint density at radius 3 is 2.18 bits per heavy atom. The number of hydrogen-bond donors (Lipinski definition) is 0. The molecule has 62 valence electrons. The van der Waals surface area contributed by atoms with Crippen molar-refractivity contribution in [3.63, 3.8) is 0 Å². The Bertz CT molecular complexity index is 168. The van der Waals surface area contributed by atoms with Crippen LogP contribution in [0.4, 0.5) is 0 Å². The number of allylic oxidation sites excluding steroid dienone is 3. The van der Waals surface area contributed by atoms with E-state index in [-0.39, 0.29) is 0 Å². The van der Waals surface area contributed by atoms with Crippen molar-refractivity contribution in [2.24, 2.45) is 0 Å². The number of carbonyl (C=O) groups excluding carboxylic acids is 1. The van der Waals surface area contributed by atoms with Crippen LogP contribution in [0.1, 0.15) is 20.8 Å². The number of rotatable bonds is 3. The summed E-state index contributed by atoms with van der Waals surface area (Å²) in [6, 6.07) is 0. The maximum atomic E-state index is 10.0. The van der Waals surface area contributed by atoms with Gasteiger partial charge in [0.1, 0.15) is 0 Å². The van der Waals surface area contributed by atoms with Crippen molar-refractivity contribution < 1.29 is 24.1 Å². The Morgan fingerprint density at radius 2 is 1.91 bits per heavy atom. The monoisotopic (exact) mass is 321 g/mol. The van der Waals surface area contributed by atoms with Crippen LogP contribution in [0.3, 0.4) is 0 Å². The van der Waals surface area contributed by atoms with Gasteiger partial charge >= 0.3 is 65.6 Å². The molecule has 0 unspecified atom stereocenters. The molecule has 0 aromatic carbocycles. The molecule has 2 heteroatoms. The topological polar surface area (TPSA) is 17.1 Å². The van der Waals surface area contributed by atoms with E-state index in [1.54, 1.807) is 6.08 Å². The van der Waals surface area contributed by atoms with Crippen molar-refractivity contribution in [2.75, 3.05) is 0 Å². The van der Waals surface area contributed by atoms with E-state index in [4.69, 9.17) is 6.58 Å². The summed E-state index contributed by atoms with van der Waals surface area (Å²) >= 11 is 1.17. The second-order valence-electron chi connectivity index (χ2n) is 1.58. The van der Waals surface area contributed by atoms with E-state index in [9.17, 15) is 4.79 Å². The minimum absolute atomic E-state index is 0.772. The summed E-state index contributed by atoms with van der Waals surface area (Å²) in [7, 11) is 0. The molecule has 0 heterocycles. The van der Waals surface area contributed by atoms with E-state index in [1.807, 2.05) is 20.8 Å². The van der Waals surface area contributed by atoms with Crippen LogP contribution >= 0.6 is 0 Å². The molecular formula is C9H13OW-. The van der Waals surface area contributed by atoms with E-state index in [2.05, 4.69) is 0 Å². The third-order valence-corrected chi connectivity index (χ3v) is 1.52. The SMILES string of the molecule is CC.[CH-]=CC(C)=C[C](=[W])C=O. The predicted molar refractivity (Wildman–Crippen MR) is 45.0 cm³/mol. The van der Waals surface area contributed by atoms with Crippen LogP contribution in [0.2, 0.25) is 0 Å². The molecule has 0 radical (unpaired) electrons. The summed E-state index contributed by atoms with van der Waals surface area (Å²) < 4.78 is 0.772. The second-order valence-corrected chi connectivity index (χ2v) is 3.27. The van der Waals surface area contributed by atoms with Gasteiger partial charge in [-0.1, -0.05) is 13.8 Å². The quantitative estimate of drug-likeness (QED) is 0.441. The molecule has 0 N–H and O–H groups in total. The standard InChI is InChI=1S/C7H7O.C2H6.W/c1-3-7(2)5-4-6-8;1-2;/h1,3,5-6H,2H3;1-2H3;/q-1;;. The van der Waals surface area contributed by atoms with Gasteiger partial charge in [-0.3, -0.25) is 0 Å². The summed E-state index contributed by atoms with van der Waals surface area (Å²) in [5.41, 5.74) is 0.923. The molecule has 0 fully saturated rings. The molecule has 0 rings (SSSR count). The van der Waals surface area contributed by atoms with Crippen LogP contribution in [-0.4, -0.2) is 10.2 Å². The average molecular weight is 321 g/mol. The van der Waals surface area contributed by atoms with Crippen LogP contribution in [0.25, 0.3) is 0 Å². The van der Waals surface area contributed by atoms with Crippen molar-refractivity contribution >= 4 is 10.2 Å². The van der Waals surface area contributed by atoms with Gasteiger partial charge in [-0.05, 0) is 0 Å². The van der Waals surface area contributed by atoms with Gasteiger partial charge in [-0.15, -0.1) is 0 Å². The molecule has 0 aromatic rings. The average Bonchev–Trinajstić information content (AvgIpc) is 2.07. The summed E-state index contributed by atoms with van der Waals surface area (Å²) in [5.74, 6) is 0. The van der Waals surface area contributed by atoms with Gasteiger partial charge in [0, 0.05) is 0 Å². The number of hydrogen-bond acceptors (Lipinski definition) is 1. The van der Waals surface area contributed by atoms with Gasteiger partial charge in [0.25, 0.3) is 0 Å². The molecule has 1 nitrogen and oxygen atoms in total. The Kier molecular flexibility index (Phi) is 11.7. The molecule has 0 saturated carbocycles. The van der Waals surface area contributed by atoms with E-state index in [0.29, 0.717) is 0 Å². The Morgan fingerprint density at radius 1 is 1.45 bits per heavy atom. The summed E-state index contributed by atoms with van der Waals surface area (Å²) in [6.07, 6.45) is 4.08. The Hall–Kier alpha value is -0.292. The Balaban J connectivity index is 0. The van der Waals surface area contributed by atoms with Gasteiger partial charge in [0.15, 0.2) is 0 Å². The molecule has 0 saturated heterocycles.